The van der Waals surface area contributed by atoms with Crippen molar-refractivity contribution >= 4 is 21.4 Å². The minimum Gasteiger partial charge on any atom is -0.344 e. The van der Waals surface area contributed by atoms with Gasteiger partial charge in [0.25, 0.3) is 5.91 Å². The Morgan fingerprint density at radius 1 is 1.36 bits per heavy atom. The minimum atomic E-state index is -3.07. The molecular formula is C14H18N4O3S. The molecular weight excluding hydrogens is 304 g/mol. The highest BCUT2D eigenvalue weighted by molar-refractivity contribution is 7.91. The first-order valence-corrected chi connectivity index (χ1v) is 8.87. The summed E-state index contributed by atoms with van der Waals surface area (Å²) in [5.74, 6) is -0.278. The Bertz CT molecular complexity index is 872. The van der Waals surface area contributed by atoms with Gasteiger partial charge in [0, 0.05) is 11.8 Å². The van der Waals surface area contributed by atoms with Crippen LogP contribution in [0.5, 0.6) is 0 Å². The molecule has 0 saturated carbocycles. The molecule has 2 aromatic heterocycles. The Balaban J connectivity index is 1.89. The average molecular weight is 322 g/mol. The zero-order valence-corrected chi connectivity index (χ0v) is 13.6. The van der Waals surface area contributed by atoms with E-state index in [0.717, 1.165) is 11.4 Å². The summed E-state index contributed by atoms with van der Waals surface area (Å²) in [5, 5.41) is 7.11. The predicted molar refractivity (Wildman–Crippen MR) is 81.6 cm³/mol. The lowest BCUT2D eigenvalue weighted by Crippen LogP contribution is -2.47. The van der Waals surface area contributed by atoms with Crippen LogP contribution in [0, 0.1) is 13.8 Å². The van der Waals surface area contributed by atoms with Gasteiger partial charge in [-0.25, -0.2) is 17.9 Å². The van der Waals surface area contributed by atoms with Crippen LogP contribution in [0.4, 0.5) is 0 Å². The first-order chi connectivity index (χ1) is 10.2. The summed E-state index contributed by atoms with van der Waals surface area (Å²) in [6.45, 7) is 5.46. The topological polar surface area (TPSA) is 93.4 Å². The Morgan fingerprint density at radius 3 is 2.73 bits per heavy atom. The van der Waals surface area contributed by atoms with Crippen molar-refractivity contribution in [1.82, 2.24) is 19.9 Å². The molecule has 0 radical (unpaired) electrons. The lowest BCUT2D eigenvalue weighted by atomic mass is 10.0. The summed E-state index contributed by atoms with van der Waals surface area (Å²) in [5.41, 5.74) is 1.77. The van der Waals surface area contributed by atoms with Gasteiger partial charge in [0.05, 0.1) is 22.7 Å². The molecule has 1 aliphatic heterocycles. The molecule has 1 fully saturated rings. The molecule has 22 heavy (non-hydrogen) atoms. The first kappa shape index (κ1) is 15.0. The third-order valence-corrected chi connectivity index (χ3v) is 5.78. The highest BCUT2D eigenvalue weighted by Gasteiger charge is 2.39. The zero-order valence-electron chi connectivity index (χ0n) is 12.8. The number of nitrogens with zero attached hydrogens (tertiary/aromatic N) is 3. The number of aromatic nitrogens is 3. The number of hydrogen-bond donors (Lipinski definition) is 1. The number of hydrogen-bond acceptors (Lipinski definition) is 5. The lowest BCUT2D eigenvalue weighted by Gasteiger charge is -2.23. The number of carbonyl (C=O) groups excluding carboxylic acids is 1. The van der Waals surface area contributed by atoms with Crippen molar-refractivity contribution in [3.63, 3.8) is 0 Å². The summed E-state index contributed by atoms with van der Waals surface area (Å²) < 4.78 is 24.9. The van der Waals surface area contributed by atoms with E-state index in [1.54, 1.807) is 23.6 Å². The molecule has 0 aliphatic carbocycles. The van der Waals surface area contributed by atoms with Crippen LogP contribution in [0.25, 0.3) is 5.65 Å². The highest BCUT2D eigenvalue weighted by atomic mass is 32.2. The van der Waals surface area contributed by atoms with Gasteiger partial charge in [-0.05, 0) is 33.3 Å². The maximum atomic E-state index is 12.4. The van der Waals surface area contributed by atoms with Crippen LogP contribution in [-0.2, 0) is 9.84 Å². The number of amides is 1. The van der Waals surface area contributed by atoms with Crippen molar-refractivity contribution in [2.24, 2.45) is 0 Å². The van der Waals surface area contributed by atoms with Crippen LogP contribution in [0.1, 0.15) is 35.2 Å². The van der Waals surface area contributed by atoms with Gasteiger partial charge in [-0.3, -0.25) is 4.79 Å². The van der Waals surface area contributed by atoms with Crippen molar-refractivity contribution in [2.45, 2.75) is 32.7 Å². The Hall–Kier alpha value is -1.96. The van der Waals surface area contributed by atoms with E-state index in [0.29, 0.717) is 12.1 Å². The van der Waals surface area contributed by atoms with Crippen LogP contribution in [0.2, 0.25) is 0 Å². The number of fused-ring (bicyclic) bond motifs is 1. The average Bonchev–Trinajstić information content (AvgIpc) is 2.89. The third-order valence-electron chi connectivity index (χ3n) is 3.88. The summed E-state index contributed by atoms with van der Waals surface area (Å²) in [6.07, 6.45) is 0.425. The molecule has 1 atom stereocenters. The highest BCUT2D eigenvalue weighted by Crippen LogP contribution is 2.23. The van der Waals surface area contributed by atoms with Gasteiger partial charge in [-0.15, -0.1) is 0 Å². The van der Waals surface area contributed by atoms with Gasteiger partial charge in [-0.1, -0.05) is 0 Å². The quantitative estimate of drug-likeness (QED) is 0.876. The van der Waals surface area contributed by atoms with E-state index in [9.17, 15) is 13.2 Å². The van der Waals surface area contributed by atoms with E-state index in [1.807, 2.05) is 13.8 Å². The fourth-order valence-corrected chi connectivity index (χ4v) is 4.90. The fourth-order valence-electron chi connectivity index (χ4n) is 2.80. The molecule has 3 rings (SSSR count). The summed E-state index contributed by atoms with van der Waals surface area (Å²) in [7, 11) is -3.07. The lowest BCUT2D eigenvalue weighted by molar-refractivity contribution is 0.0910. The van der Waals surface area contributed by atoms with Gasteiger partial charge in [0.2, 0.25) is 0 Å². The SMILES string of the molecule is Cc1cc2nc(C(=O)N[C@@]3(C)CCS(=O)(=O)C3)cc(C)n2n1. The molecule has 1 N–H and O–H groups in total. The number of aryl methyl sites for hydroxylation is 2. The van der Waals surface area contributed by atoms with Crippen LogP contribution in [-0.4, -0.2) is 46.0 Å². The Labute approximate surface area is 128 Å². The molecule has 3 heterocycles. The second kappa shape index (κ2) is 4.77. The number of rotatable bonds is 2. The van der Waals surface area contributed by atoms with E-state index < -0.39 is 15.4 Å². The van der Waals surface area contributed by atoms with Crippen molar-refractivity contribution in [3.05, 3.63) is 29.2 Å². The smallest absolute Gasteiger partial charge is 0.270 e. The van der Waals surface area contributed by atoms with Gasteiger partial charge < -0.3 is 5.32 Å². The normalized spacial score (nSPS) is 23.8. The number of nitrogens with one attached hydrogen (secondary N) is 1. The molecule has 0 aromatic carbocycles. The van der Waals surface area contributed by atoms with E-state index in [4.69, 9.17) is 0 Å². The van der Waals surface area contributed by atoms with Crippen LogP contribution < -0.4 is 5.32 Å². The standard InChI is InChI=1S/C14H18N4O3S/c1-9-6-12-15-11(7-10(2)18(12)17-9)13(19)16-14(3)4-5-22(20,21)8-14/h6-7H,4-5,8H2,1-3H3,(H,16,19)/t14-/m0/s1. The van der Waals surface area contributed by atoms with E-state index >= 15 is 0 Å². The van der Waals surface area contributed by atoms with Gasteiger partial charge in [0.1, 0.15) is 5.69 Å². The summed E-state index contributed by atoms with van der Waals surface area (Å²) in [4.78, 5) is 16.7. The first-order valence-electron chi connectivity index (χ1n) is 7.04. The molecule has 0 spiro atoms. The predicted octanol–water partition coefficient (Wildman–Crippen LogP) is 0.653. The molecule has 0 bridgehead atoms. The molecule has 118 valence electrons. The Morgan fingerprint density at radius 2 is 2.09 bits per heavy atom. The summed E-state index contributed by atoms with van der Waals surface area (Å²) in [6, 6.07) is 3.45. The van der Waals surface area contributed by atoms with Gasteiger partial charge >= 0.3 is 0 Å². The van der Waals surface area contributed by atoms with E-state index in [1.165, 1.54) is 0 Å². The van der Waals surface area contributed by atoms with Crippen LogP contribution in [0.3, 0.4) is 0 Å². The molecule has 1 amide bonds. The third kappa shape index (κ3) is 2.70. The van der Waals surface area contributed by atoms with Crippen molar-refractivity contribution in [1.29, 1.82) is 0 Å². The molecule has 1 aliphatic rings. The Kier molecular flexibility index (Phi) is 3.24. The van der Waals surface area contributed by atoms with Gasteiger partial charge in [0.15, 0.2) is 15.5 Å². The summed E-state index contributed by atoms with van der Waals surface area (Å²) >= 11 is 0. The van der Waals surface area contributed by atoms with E-state index in [-0.39, 0.29) is 23.1 Å². The second-order valence-electron chi connectivity index (χ2n) is 6.20. The second-order valence-corrected chi connectivity index (χ2v) is 8.38. The molecule has 7 nitrogen and oxygen atoms in total. The van der Waals surface area contributed by atoms with Crippen molar-refractivity contribution < 1.29 is 13.2 Å². The van der Waals surface area contributed by atoms with E-state index in [2.05, 4.69) is 15.4 Å². The monoisotopic (exact) mass is 322 g/mol. The maximum Gasteiger partial charge on any atom is 0.270 e. The molecule has 8 heteroatoms. The van der Waals surface area contributed by atoms with Crippen molar-refractivity contribution in [2.75, 3.05) is 11.5 Å². The number of carbonyl (C=O) groups is 1. The van der Waals surface area contributed by atoms with Crippen molar-refractivity contribution in [3.8, 4) is 0 Å². The largest absolute Gasteiger partial charge is 0.344 e. The number of sulfone groups is 1. The zero-order chi connectivity index (χ0) is 16.1. The van der Waals surface area contributed by atoms with Crippen LogP contribution >= 0.6 is 0 Å². The van der Waals surface area contributed by atoms with Gasteiger partial charge in [-0.2, -0.15) is 5.10 Å². The molecule has 1 saturated heterocycles. The molecule has 0 unspecified atom stereocenters. The maximum absolute atomic E-state index is 12.4. The van der Waals surface area contributed by atoms with Crippen LogP contribution in [0.15, 0.2) is 12.1 Å². The molecule has 2 aromatic rings. The minimum absolute atomic E-state index is 0.0290. The fraction of sp³-hybridized carbons (Fsp3) is 0.500.